The number of rotatable bonds is 4. The van der Waals surface area contributed by atoms with Crippen molar-refractivity contribution >= 4 is 11.6 Å². The van der Waals surface area contributed by atoms with E-state index in [0.717, 1.165) is 0 Å². The van der Waals surface area contributed by atoms with Crippen LogP contribution in [0.4, 0.5) is 4.39 Å². The molecule has 22 heavy (non-hydrogen) atoms. The maximum atomic E-state index is 13.5. The van der Waals surface area contributed by atoms with E-state index >= 15 is 0 Å². The second-order valence-electron chi connectivity index (χ2n) is 4.46. The Morgan fingerprint density at radius 3 is 2.86 bits per heavy atom. The molecule has 3 aromatic rings. The number of fused-ring (bicyclic) bond motifs is 1. The van der Waals surface area contributed by atoms with E-state index in [4.69, 9.17) is 4.74 Å². The van der Waals surface area contributed by atoms with Gasteiger partial charge < -0.3 is 9.47 Å². The molecule has 0 radical (unpaired) electrons. The summed E-state index contributed by atoms with van der Waals surface area (Å²) in [5.74, 6) is -0.386. The van der Waals surface area contributed by atoms with Gasteiger partial charge in [-0.3, -0.25) is 0 Å². The SMILES string of the molecule is COC(=O)c1ccc2nc(COc3ccccc3F)nn2c1. The number of aromatic nitrogens is 3. The van der Waals surface area contributed by atoms with Crippen LogP contribution in [0.5, 0.6) is 5.75 Å². The minimum absolute atomic E-state index is 0.0240. The van der Waals surface area contributed by atoms with Crippen LogP contribution < -0.4 is 4.74 Å². The molecule has 112 valence electrons. The Bertz CT molecular complexity index is 832. The summed E-state index contributed by atoms with van der Waals surface area (Å²) >= 11 is 0. The van der Waals surface area contributed by atoms with E-state index < -0.39 is 11.8 Å². The van der Waals surface area contributed by atoms with Crippen molar-refractivity contribution in [1.82, 2.24) is 14.6 Å². The van der Waals surface area contributed by atoms with Crippen molar-refractivity contribution in [3.63, 3.8) is 0 Å². The van der Waals surface area contributed by atoms with Crippen LogP contribution in [0.1, 0.15) is 16.2 Å². The summed E-state index contributed by atoms with van der Waals surface area (Å²) in [6.07, 6.45) is 1.51. The predicted molar refractivity (Wildman–Crippen MR) is 75.1 cm³/mol. The van der Waals surface area contributed by atoms with Crippen LogP contribution in [-0.2, 0) is 11.3 Å². The van der Waals surface area contributed by atoms with E-state index in [-0.39, 0.29) is 12.4 Å². The van der Waals surface area contributed by atoms with Crippen LogP contribution in [-0.4, -0.2) is 27.7 Å². The van der Waals surface area contributed by atoms with Crippen molar-refractivity contribution in [2.75, 3.05) is 7.11 Å². The fourth-order valence-electron chi connectivity index (χ4n) is 1.93. The lowest BCUT2D eigenvalue weighted by atomic mass is 10.3. The minimum Gasteiger partial charge on any atom is -0.482 e. The topological polar surface area (TPSA) is 65.7 Å². The highest BCUT2D eigenvalue weighted by molar-refractivity contribution is 5.89. The number of benzene rings is 1. The van der Waals surface area contributed by atoms with Gasteiger partial charge in [0.2, 0.25) is 0 Å². The van der Waals surface area contributed by atoms with Crippen molar-refractivity contribution in [3.8, 4) is 5.75 Å². The zero-order valence-electron chi connectivity index (χ0n) is 11.7. The van der Waals surface area contributed by atoms with E-state index in [0.29, 0.717) is 17.0 Å². The van der Waals surface area contributed by atoms with Gasteiger partial charge in [0.25, 0.3) is 0 Å². The molecule has 3 rings (SSSR count). The quantitative estimate of drug-likeness (QED) is 0.691. The first-order chi connectivity index (χ1) is 10.7. The molecule has 7 heteroatoms. The number of hydrogen-bond donors (Lipinski definition) is 0. The number of pyridine rings is 1. The largest absolute Gasteiger partial charge is 0.482 e. The van der Waals surface area contributed by atoms with Gasteiger partial charge in [0, 0.05) is 6.20 Å². The Morgan fingerprint density at radius 1 is 1.27 bits per heavy atom. The second kappa shape index (κ2) is 5.80. The molecule has 0 unspecified atom stereocenters. The van der Waals surface area contributed by atoms with Crippen LogP contribution >= 0.6 is 0 Å². The van der Waals surface area contributed by atoms with Gasteiger partial charge in [0.15, 0.2) is 23.0 Å². The molecule has 0 aliphatic heterocycles. The maximum absolute atomic E-state index is 13.5. The number of methoxy groups -OCH3 is 1. The van der Waals surface area contributed by atoms with Crippen LogP contribution in [0.3, 0.4) is 0 Å². The van der Waals surface area contributed by atoms with Gasteiger partial charge in [-0.25, -0.2) is 18.7 Å². The summed E-state index contributed by atoms with van der Waals surface area (Å²) in [5, 5.41) is 4.19. The summed E-state index contributed by atoms with van der Waals surface area (Å²) < 4.78 is 24.9. The fourth-order valence-corrected chi connectivity index (χ4v) is 1.93. The highest BCUT2D eigenvalue weighted by atomic mass is 19.1. The standard InChI is InChI=1S/C15H12FN3O3/c1-21-15(20)10-6-7-14-17-13(18-19(14)8-10)9-22-12-5-3-2-4-11(12)16/h2-8H,9H2,1H3. The minimum atomic E-state index is -0.457. The highest BCUT2D eigenvalue weighted by Gasteiger charge is 2.10. The summed E-state index contributed by atoms with van der Waals surface area (Å²) in [5.41, 5.74) is 0.918. The molecule has 1 aromatic carbocycles. The van der Waals surface area contributed by atoms with E-state index in [1.165, 1.54) is 30.0 Å². The molecule has 0 atom stereocenters. The van der Waals surface area contributed by atoms with Gasteiger partial charge in [-0.15, -0.1) is 5.10 Å². The number of carbonyl (C=O) groups excluding carboxylic acids is 1. The number of para-hydroxylation sites is 1. The van der Waals surface area contributed by atoms with Crippen molar-refractivity contribution < 1.29 is 18.7 Å². The molecule has 0 amide bonds. The Morgan fingerprint density at radius 2 is 2.09 bits per heavy atom. The number of halogens is 1. The van der Waals surface area contributed by atoms with Gasteiger partial charge in [-0.2, -0.15) is 0 Å². The molecule has 0 saturated carbocycles. The first kappa shape index (κ1) is 14.0. The van der Waals surface area contributed by atoms with Gasteiger partial charge in [-0.1, -0.05) is 12.1 Å². The average Bonchev–Trinajstić information content (AvgIpc) is 2.95. The molecular formula is C15H12FN3O3. The normalized spacial score (nSPS) is 10.6. The molecule has 0 spiro atoms. The maximum Gasteiger partial charge on any atom is 0.339 e. The van der Waals surface area contributed by atoms with E-state index in [1.54, 1.807) is 24.3 Å². The van der Waals surface area contributed by atoms with E-state index in [1.807, 2.05) is 0 Å². The number of nitrogens with zero attached hydrogens (tertiary/aromatic N) is 3. The zero-order chi connectivity index (χ0) is 15.5. The third kappa shape index (κ3) is 2.73. The lowest BCUT2D eigenvalue weighted by Crippen LogP contribution is -2.03. The number of hydrogen-bond acceptors (Lipinski definition) is 5. The first-order valence-corrected chi connectivity index (χ1v) is 6.48. The summed E-state index contributed by atoms with van der Waals surface area (Å²) in [4.78, 5) is 15.7. The smallest absolute Gasteiger partial charge is 0.339 e. The average molecular weight is 301 g/mol. The van der Waals surface area contributed by atoms with E-state index in [9.17, 15) is 9.18 Å². The summed E-state index contributed by atoms with van der Waals surface area (Å²) in [6, 6.07) is 9.34. The Kier molecular flexibility index (Phi) is 3.69. The summed E-state index contributed by atoms with van der Waals surface area (Å²) in [7, 11) is 1.31. The predicted octanol–water partition coefficient (Wildman–Crippen LogP) is 2.23. The second-order valence-corrected chi connectivity index (χ2v) is 4.46. The molecule has 0 N–H and O–H groups in total. The Hall–Kier alpha value is -2.96. The Labute approximate surface area is 125 Å². The van der Waals surface area contributed by atoms with Crippen molar-refractivity contribution in [2.24, 2.45) is 0 Å². The Balaban J connectivity index is 1.80. The third-order valence-electron chi connectivity index (χ3n) is 2.99. The van der Waals surface area contributed by atoms with Crippen molar-refractivity contribution in [3.05, 3.63) is 59.8 Å². The highest BCUT2D eigenvalue weighted by Crippen LogP contribution is 2.16. The van der Waals surface area contributed by atoms with Gasteiger partial charge >= 0.3 is 5.97 Å². The monoisotopic (exact) mass is 301 g/mol. The van der Waals surface area contributed by atoms with Crippen molar-refractivity contribution in [2.45, 2.75) is 6.61 Å². The molecule has 0 fully saturated rings. The van der Waals surface area contributed by atoms with Gasteiger partial charge in [0.05, 0.1) is 12.7 Å². The third-order valence-corrected chi connectivity index (χ3v) is 2.99. The number of ether oxygens (including phenoxy) is 2. The van der Waals surface area contributed by atoms with Crippen molar-refractivity contribution in [1.29, 1.82) is 0 Å². The van der Waals surface area contributed by atoms with Gasteiger partial charge in [-0.05, 0) is 24.3 Å². The van der Waals surface area contributed by atoms with Crippen LogP contribution in [0, 0.1) is 5.82 Å². The fraction of sp³-hybridized carbons (Fsp3) is 0.133. The first-order valence-electron chi connectivity index (χ1n) is 6.48. The number of esters is 1. The molecule has 0 aliphatic rings. The molecule has 6 nitrogen and oxygen atoms in total. The lowest BCUT2D eigenvalue weighted by molar-refractivity contribution is 0.0600. The number of carbonyl (C=O) groups is 1. The van der Waals surface area contributed by atoms with Gasteiger partial charge in [0.1, 0.15) is 6.61 Å². The lowest BCUT2D eigenvalue weighted by Gasteiger charge is -2.03. The summed E-state index contributed by atoms with van der Waals surface area (Å²) in [6.45, 7) is 0.0240. The molecule has 0 bridgehead atoms. The van der Waals surface area contributed by atoms with Crippen LogP contribution in [0.15, 0.2) is 42.6 Å². The molecule has 2 heterocycles. The molecular weight excluding hydrogens is 289 g/mol. The van der Waals surface area contributed by atoms with Crippen LogP contribution in [0.2, 0.25) is 0 Å². The molecule has 2 aromatic heterocycles. The van der Waals surface area contributed by atoms with Crippen LogP contribution in [0.25, 0.3) is 5.65 Å². The molecule has 0 aliphatic carbocycles. The zero-order valence-corrected chi connectivity index (χ0v) is 11.7. The molecule has 0 saturated heterocycles. The van der Waals surface area contributed by atoms with E-state index in [2.05, 4.69) is 14.8 Å².